The summed E-state index contributed by atoms with van der Waals surface area (Å²) in [5.41, 5.74) is 2.71. The van der Waals surface area contributed by atoms with Crippen LogP contribution in [-0.2, 0) is 6.54 Å². The van der Waals surface area contributed by atoms with Gasteiger partial charge in [0, 0.05) is 24.2 Å². The molecule has 0 radical (unpaired) electrons. The van der Waals surface area contributed by atoms with Crippen molar-refractivity contribution >= 4 is 16.9 Å². The summed E-state index contributed by atoms with van der Waals surface area (Å²) in [6.45, 7) is 1.56. The number of hydrogen-bond donors (Lipinski definition) is 0. The molecule has 1 amide bonds. The number of hydrogen-bond acceptors (Lipinski definition) is 3. The van der Waals surface area contributed by atoms with Crippen LogP contribution >= 0.6 is 0 Å². The third-order valence-corrected chi connectivity index (χ3v) is 6.40. The molecule has 0 unspecified atom stereocenters. The van der Waals surface area contributed by atoms with E-state index >= 15 is 0 Å². The number of amides is 1. The van der Waals surface area contributed by atoms with Gasteiger partial charge in [-0.05, 0) is 43.2 Å². The molecule has 5 nitrogen and oxygen atoms in total. The first kappa shape index (κ1) is 17.4. The van der Waals surface area contributed by atoms with Crippen molar-refractivity contribution in [2.45, 2.75) is 51.1 Å². The summed E-state index contributed by atoms with van der Waals surface area (Å²) < 4.78 is 1.90. The number of rotatable bonds is 3. The van der Waals surface area contributed by atoms with Gasteiger partial charge < -0.3 is 4.90 Å². The first-order chi connectivity index (χ1) is 13.8. The fourth-order valence-electron chi connectivity index (χ4n) is 5.00. The summed E-state index contributed by atoms with van der Waals surface area (Å²) >= 11 is 0. The summed E-state index contributed by atoms with van der Waals surface area (Å²) in [5, 5.41) is 5.43. The standard InChI is InChI=1S/C23H26N4O/c28-23(26-12-6-10-18-9-4-5-11-21(18)26)20-13-19-15-25-27(22(19)24-14-20)16-17-7-2-1-3-8-17/h1-3,7-8,13-15,18,21H,4-6,9-12,16H2/t18-,21+/m1/s1. The molecule has 1 saturated heterocycles. The second-order valence-electron chi connectivity index (χ2n) is 8.18. The van der Waals surface area contributed by atoms with Crippen molar-refractivity contribution in [2.24, 2.45) is 5.92 Å². The lowest BCUT2D eigenvalue weighted by atomic mass is 9.78. The monoisotopic (exact) mass is 374 g/mol. The SMILES string of the molecule is O=C(c1cnc2c(cnn2Cc2ccccc2)c1)N1CCC[C@H]2CCCC[C@@H]21. The molecule has 5 rings (SSSR count). The third-order valence-electron chi connectivity index (χ3n) is 6.40. The predicted molar refractivity (Wildman–Crippen MR) is 109 cm³/mol. The highest BCUT2D eigenvalue weighted by Crippen LogP contribution is 2.36. The van der Waals surface area contributed by atoms with Gasteiger partial charge in [-0.25, -0.2) is 9.67 Å². The molecule has 2 fully saturated rings. The molecule has 2 aliphatic rings. The quantitative estimate of drug-likeness (QED) is 0.688. The van der Waals surface area contributed by atoms with Crippen LogP contribution in [0, 0.1) is 5.92 Å². The third kappa shape index (κ3) is 3.19. The number of nitrogens with zero attached hydrogens (tertiary/aromatic N) is 4. The van der Waals surface area contributed by atoms with Gasteiger partial charge in [-0.3, -0.25) is 4.79 Å². The molecular weight excluding hydrogens is 348 g/mol. The summed E-state index contributed by atoms with van der Waals surface area (Å²) in [7, 11) is 0. The molecule has 3 heterocycles. The lowest BCUT2D eigenvalue weighted by molar-refractivity contribution is 0.0390. The average molecular weight is 374 g/mol. The summed E-state index contributed by atoms with van der Waals surface area (Å²) in [4.78, 5) is 20.0. The number of likely N-dealkylation sites (tertiary alicyclic amines) is 1. The molecule has 1 saturated carbocycles. The van der Waals surface area contributed by atoms with E-state index in [4.69, 9.17) is 0 Å². The molecule has 2 aromatic heterocycles. The van der Waals surface area contributed by atoms with Gasteiger partial charge >= 0.3 is 0 Å². The molecule has 0 bridgehead atoms. The van der Waals surface area contributed by atoms with Gasteiger partial charge in [0.15, 0.2) is 5.65 Å². The van der Waals surface area contributed by atoms with E-state index in [1.165, 1.54) is 31.2 Å². The first-order valence-electron chi connectivity index (χ1n) is 10.5. The largest absolute Gasteiger partial charge is 0.335 e. The van der Waals surface area contributed by atoms with Crippen LogP contribution in [0.15, 0.2) is 48.8 Å². The zero-order valence-corrected chi connectivity index (χ0v) is 16.1. The van der Waals surface area contributed by atoms with Crippen LogP contribution in [0.3, 0.4) is 0 Å². The Hall–Kier alpha value is -2.69. The molecule has 28 heavy (non-hydrogen) atoms. The Kier molecular flexibility index (Phi) is 4.59. The Morgan fingerprint density at radius 2 is 1.86 bits per heavy atom. The van der Waals surface area contributed by atoms with Gasteiger partial charge in [0.05, 0.1) is 18.3 Å². The average Bonchev–Trinajstić information content (AvgIpc) is 3.15. The Labute approximate surface area is 165 Å². The van der Waals surface area contributed by atoms with E-state index in [2.05, 4.69) is 27.1 Å². The Morgan fingerprint density at radius 3 is 2.75 bits per heavy atom. The molecule has 5 heteroatoms. The van der Waals surface area contributed by atoms with E-state index in [0.29, 0.717) is 24.1 Å². The van der Waals surface area contributed by atoms with Crippen LogP contribution in [0.25, 0.3) is 11.0 Å². The number of benzene rings is 1. The van der Waals surface area contributed by atoms with Crippen LogP contribution in [0.5, 0.6) is 0 Å². The molecule has 1 aliphatic heterocycles. The van der Waals surface area contributed by atoms with Crippen molar-refractivity contribution in [2.75, 3.05) is 6.54 Å². The Morgan fingerprint density at radius 1 is 1.04 bits per heavy atom. The normalized spacial score (nSPS) is 22.2. The number of aromatic nitrogens is 3. The van der Waals surface area contributed by atoms with Crippen molar-refractivity contribution in [3.05, 3.63) is 59.9 Å². The van der Waals surface area contributed by atoms with Gasteiger partial charge in [-0.2, -0.15) is 5.10 Å². The molecular formula is C23H26N4O. The molecule has 0 N–H and O–H groups in total. The van der Waals surface area contributed by atoms with E-state index < -0.39 is 0 Å². The minimum absolute atomic E-state index is 0.141. The Bertz CT molecular complexity index is 979. The molecule has 2 atom stereocenters. The van der Waals surface area contributed by atoms with Crippen molar-refractivity contribution in [3.63, 3.8) is 0 Å². The lowest BCUT2D eigenvalue weighted by Gasteiger charge is -2.44. The van der Waals surface area contributed by atoms with Gasteiger partial charge in [0.1, 0.15) is 0 Å². The maximum absolute atomic E-state index is 13.3. The van der Waals surface area contributed by atoms with E-state index in [1.807, 2.05) is 35.1 Å². The second kappa shape index (κ2) is 7.38. The van der Waals surface area contributed by atoms with E-state index in [0.717, 1.165) is 30.4 Å². The van der Waals surface area contributed by atoms with E-state index in [9.17, 15) is 4.79 Å². The van der Waals surface area contributed by atoms with Crippen LogP contribution in [0.4, 0.5) is 0 Å². The maximum atomic E-state index is 13.3. The lowest BCUT2D eigenvalue weighted by Crippen LogP contribution is -2.49. The minimum Gasteiger partial charge on any atom is -0.335 e. The zero-order chi connectivity index (χ0) is 18.9. The summed E-state index contributed by atoms with van der Waals surface area (Å²) in [5.74, 6) is 0.832. The van der Waals surface area contributed by atoms with Crippen molar-refractivity contribution < 1.29 is 4.79 Å². The molecule has 3 aromatic rings. The Balaban J connectivity index is 1.40. The smallest absolute Gasteiger partial charge is 0.255 e. The highest BCUT2D eigenvalue weighted by Gasteiger charge is 2.36. The highest BCUT2D eigenvalue weighted by molar-refractivity contribution is 5.97. The second-order valence-corrected chi connectivity index (χ2v) is 8.18. The van der Waals surface area contributed by atoms with Gasteiger partial charge in [0.25, 0.3) is 5.91 Å². The number of carbonyl (C=O) groups excluding carboxylic acids is 1. The van der Waals surface area contributed by atoms with Crippen molar-refractivity contribution in [1.82, 2.24) is 19.7 Å². The molecule has 0 spiro atoms. The summed E-state index contributed by atoms with van der Waals surface area (Å²) in [6.07, 6.45) is 10.9. The molecule has 144 valence electrons. The number of pyridine rings is 1. The maximum Gasteiger partial charge on any atom is 0.255 e. The van der Waals surface area contributed by atoms with Crippen molar-refractivity contribution in [3.8, 4) is 0 Å². The number of carbonyl (C=O) groups is 1. The van der Waals surface area contributed by atoms with Gasteiger partial charge in [-0.15, -0.1) is 0 Å². The fourth-order valence-corrected chi connectivity index (χ4v) is 5.00. The predicted octanol–water partition coefficient (Wildman–Crippen LogP) is 4.27. The number of fused-ring (bicyclic) bond motifs is 2. The van der Waals surface area contributed by atoms with Crippen LogP contribution < -0.4 is 0 Å². The topological polar surface area (TPSA) is 51.0 Å². The highest BCUT2D eigenvalue weighted by atomic mass is 16.2. The van der Waals surface area contributed by atoms with Gasteiger partial charge in [0.2, 0.25) is 0 Å². The number of piperidine rings is 1. The van der Waals surface area contributed by atoms with Gasteiger partial charge in [-0.1, -0.05) is 43.2 Å². The molecule has 1 aromatic carbocycles. The van der Waals surface area contributed by atoms with E-state index in [-0.39, 0.29) is 5.91 Å². The fraction of sp³-hybridized carbons (Fsp3) is 0.435. The zero-order valence-electron chi connectivity index (χ0n) is 16.1. The molecule has 1 aliphatic carbocycles. The van der Waals surface area contributed by atoms with Crippen LogP contribution in [0.2, 0.25) is 0 Å². The van der Waals surface area contributed by atoms with Crippen molar-refractivity contribution in [1.29, 1.82) is 0 Å². The first-order valence-corrected chi connectivity index (χ1v) is 10.5. The van der Waals surface area contributed by atoms with Crippen LogP contribution in [-0.4, -0.2) is 38.2 Å². The van der Waals surface area contributed by atoms with E-state index in [1.54, 1.807) is 6.20 Å². The van der Waals surface area contributed by atoms with Crippen LogP contribution in [0.1, 0.15) is 54.4 Å². The minimum atomic E-state index is 0.141. The summed E-state index contributed by atoms with van der Waals surface area (Å²) in [6, 6.07) is 12.6.